The molecule has 9 nitrogen and oxygen atoms in total. The Morgan fingerprint density at radius 3 is 2.77 bits per heavy atom. The van der Waals surface area contributed by atoms with Crippen LogP contribution < -0.4 is 16.0 Å². The molecule has 1 aromatic carbocycles. The molecule has 31 heavy (non-hydrogen) atoms. The number of nitrogens with zero attached hydrogens (tertiary/aromatic N) is 5. The van der Waals surface area contributed by atoms with Gasteiger partial charge in [0.15, 0.2) is 5.13 Å². The molecule has 0 aliphatic carbocycles. The molecule has 0 saturated carbocycles. The summed E-state index contributed by atoms with van der Waals surface area (Å²) in [5.41, 5.74) is 0.416. The van der Waals surface area contributed by atoms with Gasteiger partial charge in [0.1, 0.15) is 11.6 Å². The minimum atomic E-state index is -0.402. The van der Waals surface area contributed by atoms with Gasteiger partial charge in [0.25, 0.3) is 0 Å². The first-order chi connectivity index (χ1) is 14.9. The van der Waals surface area contributed by atoms with Crippen LogP contribution in [0.5, 0.6) is 0 Å². The second-order valence-corrected chi connectivity index (χ2v) is 8.22. The molecule has 2 aromatic heterocycles. The maximum Gasteiger partial charge on any atom is 0.234 e. The first-order valence-electron chi connectivity index (χ1n) is 9.76. The van der Waals surface area contributed by atoms with Gasteiger partial charge in [-0.25, -0.2) is 9.37 Å². The predicted molar refractivity (Wildman–Crippen MR) is 120 cm³/mol. The molecule has 0 aliphatic rings. The van der Waals surface area contributed by atoms with Crippen LogP contribution in [0.15, 0.2) is 30.5 Å². The smallest absolute Gasteiger partial charge is 0.234 e. The van der Waals surface area contributed by atoms with Crippen LogP contribution in [0, 0.1) is 12.7 Å². The summed E-state index contributed by atoms with van der Waals surface area (Å²) < 4.78 is 13.2. The van der Waals surface area contributed by atoms with Gasteiger partial charge in [-0.1, -0.05) is 6.07 Å². The lowest BCUT2D eigenvalue weighted by Crippen LogP contribution is -2.17. The molecule has 0 fully saturated rings. The van der Waals surface area contributed by atoms with Crippen LogP contribution in [0.4, 0.5) is 27.1 Å². The van der Waals surface area contributed by atoms with E-state index in [0.29, 0.717) is 28.5 Å². The van der Waals surface area contributed by atoms with Crippen LogP contribution in [0.1, 0.15) is 17.1 Å². The summed E-state index contributed by atoms with van der Waals surface area (Å²) in [6.07, 6.45) is 2.71. The Morgan fingerprint density at radius 2 is 2.00 bits per heavy atom. The lowest BCUT2D eigenvalue weighted by Gasteiger charge is -2.10. The van der Waals surface area contributed by atoms with E-state index in [9.17, 15) is 9.18 Å². The number of rotatable bonds is 10. The zero-order valence-corrected chi connectivity index (χ0v) is 18.5. The van der Waals surface area contributed by atoms with Gasteiger partial charge in [-0.2, -0.15) is 15.0 Å². The topological polar surface area (TPSA) is 108 Å². The van der Waals surface area contributed by atoms with E-state index >= 15 is 0 Å². The molecule has 0 spiro atoms. The van der Waals surface area contributed by atoms with E-state index in [2.05, 4.69) is 40.8 Å². The highest BCUT2D eigenvalue weighted by Crippen LogP contribution is 2.22. The van der Waals surface area contributed by atoms with Gasteiger partial charge >= 0.3 is 0 Å². The van der Waals surface area contributed by atoms with Gasteiger partial charge < -0.3 is 15.5 Å². The molecule has 0 atom stereocenters. The highest BCUT2D eigenvalue weighted by atomic mass is 32.1. The van der Waals surface area contributed by atoms with E-state index in [1.165, 1.54) is 23.5 Å². The molecule has 3 aromatic rings. The highest BCUT2D eigenvalue weighted by Gasteiger charge is 2.11. The van der Waals surface area contributed by atoms with Crippen molar-refractivity contribution in [3.05, 3.63) is 47.0 Å². The first-order valence-corrected chi connectivity index (χ1v) is 10.6. The maximum atomic E-state index is 13.2. The molecule has 2 heterocycles. The second-order valence-electron chi connectivity index (χ2n) is 7.11. The summed E-state index contributed by atoms with van der Waals surface area (Å²) >= 11 is 1.32. The Morgan fingerprint density at radius 1 is 1.19 bits per heavy atom. The minimum Gasteiger partial charge on any atom is -0.354 e. The molecular weight excluding hydrogens is 419 g/mol. The van der Waals surface area contributed by atoms with Crippen LogP contribution >= 0.6 is 11.3 Å². The Hall–Kier alpha value is -3.18. The van der Waals surface area contributed by atoms with E-state index in [0.717, 1.165) is 24.4 Å². The molecule has 0 bridgehead atoms. The van der Waals surface area contributed by atoms with E-state index < -0.39 is 5.82 Å². The fourth-order valence-electron chi connectivity index (χ4n) is 2.68. The molecule has 3 rings (SSSR count). The van der Waals surface area contributed by atoms with Gasteiger partial charge in [0, 0.05) is 23.3 Å². The van der Waals surface area contributed by atoms with Crippen molar-refractivity contribution in [2.24, 2.45) is 0 Å². The van der Waals surface area contributed by atoms with Crippen LogP contribution in [0.2, 0.25) is 0 Å². The largest absolute Gasteiger partial charge is 0.354 e. The highest BCUT2D eigenvalue weighted by molar-refractivity contribution is 7.15. The van der Waals surface area contributed by atoms with Crippen LogP contribution in [-0.4, -0.2) is 57.9 Å². The number of hydrogen-bond donors (Lipinski definition) is 3. The van der Waals surface area contributed by atoms with Crippen LogP contribution in [0.25, 0.3) is 0 Å². The van der Waals surface area contributed by atoms with Crippen molar-refractivity contribution < 1.29 is 9.18 Å². The number of aromatic nitrogens is 4. The summed E-state index contributed by atoms with van der Waals surface area (Å²) in [6, 6.07) is 5.77. The molecule has 1 amide bonds. The minimum absolute atomic E-state index is 0.130. The normalized spacial score (nSPS) is 10.9. The zero-order chi connectivity index (χ0) is 22.2. The monoisotopic (exact) mass is 444 g/mol. The SMILES string of the molecule is Cc1nc(NCCCN(C)C)nc(Nc2ncc(CC(=O)Nc3cccc(F)c3)s2)n1. The predicted octanol–water partition coefficient (Wildman–Crippen LogP) is 3.06. The van der Waals surface area contributed by atoms with E-state index in [1.54, 1.807) is 25.3 Å². The fraction of sp³-hybridized carbons (Fsp3) is 0.350. The lowest BCUT2D eigenvalue weighted by atomic mass is 10.3. The summed E-state index contributed by atoms with van der Waals surface area (Å²) in [6.45, 7) is 3.52. The van der Waals surface area contributed by atoms with Gasteiger partial charge in [-0.3, -0.25) is 10.1 Å². The van der Waals surface area contributed by atoms with Crippen molar-refractivity contribution in [1.82, 2.24) is 24.8 Å². The number of amides is 1. The summed E-state index contributed by atoms with van der Waals surface area (Å²) in [5, 5.41) is 9.50. The average Bonchev–Trinajstić information content (AvgIpc) is 3.11. The molecule has 11 heteroatoms. The maximum absolute atomic E-state index is 13.2. The number of anilines is 4. The van der Waals surface area contributed by atoms with Crippen molar-refractivity contribution in [2.45, 2.75) is 19.8 Å². The summed E-state index contributed by atoms with van der Waals surface area (Å²) in [7, 11) is 4.06. The zero-order valence-electron chi connectivity index (χ0n) is 17.6. The Kier molecular flexibility index (Phi) is 7.79. The third-order valence-electron chi connectivity index (χ3n) is 4.03. The number of nitrogens with one attached hydrogen (secondary N) is 3. The summed E-state index contributed by atoms with van der Waals surface area (Å²) in [5.74, 6) is 0.814. The Balaban J connectivity index is 1.55. The average molecular weight is 445 g/mol. The number of aryl methyl sites for hydroxylation is 1. The van der Waals surface area contributed by atoms with E-state index in [1.807, 2.05) is 14.1 Å². The van der Waals surface area contributed by atoms with Gasteiger partial charge in [0.2, 0.25) is 17.8 Å². The molecular formula is C20H25FN8OS. The van der Waals surface area contributed by atoms with Crippen molar-refractivity contribution >= 4 is 40.0 Å². The van der Waals surface area contributed by atoms with Crippen LogP contribution in [-0.2, 0) is 11.2 Å². The summed E-state index contributed by atoms with van der Waals surface area (Å²) in [4.78, 5) is 32.3. The van der Waals surface area contributed by atoms with Gasteiger partial charge in [-0.15, -0.1) is 11.3 Å². The van der Waals surface area contributed by atoms with Crippen molar-refractivity contribution in [3.63, 3.8) is 0 Å². The Labute approximate surface area is 184 Å². The fourth-order valence-corrected chi connectivity index (χ4v) is 3.49. The third kappa shape index (κ3) is 7.54. The van der Waals surface area contributed by atoms with Gasteiger partial charge in [-0.05, 0) is 52.2 Å². The van der Waals surface area contributed by atoms with E-state index in [4.69, 9.17) is 0 Å². The number of halogens is 1. The molecule has 0 radical (unpaired) electrons. The lowest BCUT2D eigenvalue weighted by molar-refractivity contribution is -0.115. The van der Waals surface area contributed by atoms with E-state index in [-0.39, 0.29) is 12.3 Å². The van der Waals surface area contributed by atoms with Gasteiger partial charge in [0.05, 0.1) is 6.42 Å². The quantitative estimate of drug-likeness (QED) is 0.410. The number of benzene rings is 1. The molecule has 3 N–H and O–H groups in total. The van der Waals surface area contributed by atoms with Crippen molar-refractivity contribution in [3.8, 4) is 0 Å². The third-order valence-corrected chi connectivity index (χ3v) is 4.94. The van der Waals surface area contributed by atoms with Crippen LogP contribution in [0.3, 0.4) is 0 Å². The van der Waals surface area contributed by atoms with Crippen molar-refractivity contribution in [2.75, 3.05) is 43.1 Å². The molecule has 0 aliphatic heterocycles. The number of hydrogen-bond acceptors (Lipinski definition) is 9. The first kappa shape index (κ1) is 22.5. The standard InChI is InChI=1S/C20H25FN8OS/c1-13-24-18(22-8-5-9-29(2)3)27-19(25-13)28-20-23-12-16(31-20)11-17(30)26-15-7-4-6-14(21)10-15/h4,6-7,10,12H,5,8-9,11H2,1-3H3,(H,26,30)(H2,22,23,24,25,27,28). The van der Waals surface area contributed by atoms with Crippen molar-refractivity contribution in [1.29, 1.82) is 0 Å². The molecule has 164 valence electrons. The number of carbonyl (C=O) groups is 1. The second kappa shape index (κ2) is 10.7. The number of carbonyl (C=O) groups excluding carboxylic acids is 1. The Bertz CT molecular complexity index is 1030. The molecule has 0 unspecified atom stereocenters. The number of thiazole rings is 1. The molecule has 0 saturated heterocycles.